The number of carboxylic acids is 1. The average molecular weight is 390 g/mol. The molecular weight excluding hydrogens is 364 g/mol. The van der Waals surface area contributed by atoms with E-state index in [1.54, 1.807) is 0 Å². The highest BCUT2D eigenvalue weighted by Gasteiger charge is 2.43. The highest BCUT2D eigenvalue weighted by Crippen LogP contribution is 2.27. The first-order valence-electron chi connectivity index (χ1n) is 8.35. The first-order chi connectivity index (χ1) is 12.7. The molecular formula is C15H26N4O8. The molecule has 2 rings (SSSR count). The molecule has 12 heteroatoms. The maximum atomic E-state index is 11.4. The molecule has 0 spiro atoms. The van der Waals surface area contributed by atoms with Crippen molar-refractivity contribution in [1.29, 1.82) is 0 Å². The van der Waals surface area contributed by atoms with Crippen molar-refractivity contribution in [1.82, 2.24) is 9.55 Å². The predicted octanol–water partition coefficient (Wildman–Crippen LogP) is -3.32. The Labute approximate surface area is 154 Å². The fourth-order valence-corrected chi connectivity index (χ4v) is 2.37. The van der Waals surface area contributed by atoms with Gasteiger partial charge in [0.2, 0.25) is 0 Å². The van der Waals surface area contributed by atoms with Crippen molar-refractivity contribution in [2.24, 2.45) is 11.5 Å². The van der Waals surface area contributed by atoms with Gasteiger partial charge in [-0.3, -0.25) is 19.1 Å². The van der Waals surface area contributed by atoms with E-state index in [0.717, 1.165) is 29.7 Å². The summed E-state index contributed by atoms with van der Waals surface area (Å²) in [4.78, 5) is 34.4. The Balaban J connectivity index is 0.000000314. The number of nitrogens with zero attached hydrogens (tertiary/aromatic N) is 1. The van der Waals surface area contributed by atoms with Gasteiger partial charge in [0.15, 0.2) is 6.23 Å². The molecule has 0 aliphatic carbocycles. The maximum Gasteiger partial charge on any atom is 0.330 e. The SMILES string of the molecule is NCCCCC(N)C(=O)O.O=c1ccn([C@@H]2O[C@H](CO)[C@@H](O)[C@H]2O)c(=O)[nH]1. The number of unbranched alkanes of at least 4 members (excludes halogenated alkanes) is 1. The Morgan fingerprint density at radius 2 is 1.96 bits per heavy atom. The predicted molar refractivity (Wildman–Crippen MR) is 92.8 cm³/mol. The molecule has 1 unspecified atom stereocenters. The summed E-state index contributed by atoms with van der Waals surface area (Å²) < 4.78 is 6.08. The summed E-state index contributed by atoms with van der Waals surface area (Å²) in [6, 6.07) is 0.377. The molecule has 0 bridgehead atoms. The molecule has 12 nitrogen and oxygen atoms in total. The standard InChI is InChI=1S/C9H12N2O6.C6H14N2O2/c12-3-4-6(14)7(15)8(17-4)11-2-1-5(13)10-9(11)16;7-4-2-1-3-5(8)6(9)10/h1-2,4,6-8,12,14-15H,3H2,(H,10,13,16);5H,1-4,7-8H2,(H,9,10)/t4-,6-,7-,8-;/m1./s1. The highest BCUT2D eigenvalue weighted by molar-refractivity contribution is 5.72. The van der Waals surface area contributed by atoms with Gasteiger partial charge < -0.3 is 36.6 Å². The number of hydrogen-bond acceptors (Lipinski definition) is 9. The third-order valence-electron chi connectivity index (χ3n) is 3.93. The van der Waals surface area contributed by atoms with Crippen LogP contribution >= 0.6 is 0 Å². The number of rotatable bonds is 7. The van der Waals surface area contributed by atoms with Crippen molar-refractivity contribution in [2.45, 2.75) is 49.8 Å². The van der Waals surface area contributed by atoms with Crippen LogP contribution in [0.15, 0.2) is 21.9 Å². The maximum absolute atomic E-state index is 11.4. The van der Waals surface area contributed by atoms with Crippen LogP contribution in [-0.4, -0.2) is 73.5 Å². The molecule has 1 saturated heterocycles. The van der Waals surface area contributed by atoms with Crippen LogP contribution in [0.3, 0.4) is 0 Å². The number of carboxylic acid groups (broad SMARTS) is 1. The molecule has 1 aromatic heterocycles. The fraction of sp³-hybridized carbons (Fsp3) is 0.667. The molecule has 5 atom stereocenters. The van der Waals surface area contributed by atoms with Gasteiger partial charge >= 0.3 is 11.7 Å². The highest BCUT2D eigenvalue weighted by atomic mass is 16.6. The Kier molecular flexibility index (Phi) is 9.28. The number of aromatic amines is 1. The lowest BCUT2D eigenvalue weighted by atomic mass is 10.1. The van der Waals surface area contributed by atoms with E-state index in [0.29, 0.717) is 13.0 Å². The minimum Gasteiger partial charge on any atom is -0.480 e. The van der Waals surface area contributed by atoms with Crippen molar-refractivity contribution < 1.29 is 30.0 Å². The second-order valence-corrected chi connectivity index (χ2v) is 5.98. The zero-order valence-corrected chi connectivity index (χ0v) is 14.6. The number of aliphatic hydroxyl groups excluding tert-OH is 3. The van der Waals surface area contributed by atoms with Gasteiger partial charge in [-0.15, -0.1) is 0 Å². The number of aliphatic carboxylic acids is 1. The van der Waals surface area contributed by atoms with E-state index >= 15 is 0 Å². The molecule has 2 heterocycles. The molecule has 9 N–H and O–H groups in total. The molecule has 154 valence electrons. The minimum atomic E-state index is -1.35. The van der Waals surface area contributed by atoms with Crippen LogP contribution in [0.1, 0.15) is 25.5 Å². The molecule has 0 amide bonds. The van der Waals surface area contributed by atoms with Crippen molar-refractivity contribution in [2.75, 3.05) is 13.2 Å². The van der Waals surface area contributed by atoms with E-state index in [1.165, 1.54) is 0 Å². The minimum absolute atomic E-state index is 0.479. The van der Waals surface area contributed by atoms with Gasteiger partial charge in [0, 0.05) is 12.3 Å². The summed E-state index contributed by atoms with van der Waals surface area (Å²) in [5.41, 5.74) is 9.09. The smallest absolute Gasteiger partial charge is 0.330 e. The Bertz CT molecular complexity index is 706. The molecule has 0 saturated carbocycles. The molecule has 1 fully saturated rings. The molecule has 1 aromatic rings. The molecule has 27 heavy (non-hydrogen) atoms. The van der Waals surface area contributed by atoms with E-state index in [-0.39, 0.29) is 0 Å². The summed E-state index contributed by atoms with van der Waals surface area (Å²) >= 11 is 0. The largest absolute Gasteiger partial charge is 0.480 e. The summed E-state index contributed by atoms with van der Waals surface area (Å²) in [6.07, 6.45) is -1.42. The topological polar surface area (TPSA) is 214 Å². The van der Waals surface area contributed by atoms with Crippen LogP contribution in [0.2, 0.25) is 0 Å². The second-order valence-electron chi connectivity index (χ2n) is 5.98. The van der Waals surface area contributed by atoms with E-state index in [2.05, 4.69) is 0 Å². The number of aliphatic hydroxyl groups is 3. The Hall–Kier alpha value is -2.09. The summed E-state index contributed by atoms with van der Waals surface area (Å²) in [7, 11) is 0. The number of nitrogens with two attached hydrogens (primary N) is 2. The van der Waals surface area contributed by atoms with E-state index in [4.69, 9.17) is 26.4 Å². The van der Waals surface area contributed by atoms with Gasteiger partial charge in [-0.05, 0) is 19.4 Å². The van der Waals surface area contributed by atoms with Crippen molar-refractivity contribution in [3.8, 4) is 0 Å². The van der Waals surface area contributed by atoms with Crippen LogP contribution in [-0.2, 0) is 9.53 Å². The van der Waals surface area contributed by atoms with Crippen LogP contribution in [0, 0.1) is 0 Å². The summed E-state index contributed by atoms with van der Waals surface area (Å²) in [6.45, 7) is 0.124. The normalized spacial score (nSPS) is 25.5. The lowest BCUT2D eigenvalue weighted by Crippen LogP contribution is -2.37. The number of ether oxygens (including phenoxy) is 1. The molecule has 0 radical (unpaired) electrons. The number of nitrogens with one attached hydrogen (secondary N) is 1. The van der Waals surface area contributed by atoms with Crippen LogP contribution < -0.4 is 22.7 Å². The van der Waals surface area contributed by atoms with Crippen LogP contribution in [0.4, 0.5) is 0 Å². The molecule has 1 aliphatic heterocycles. The summed E-state index contributed by atoms with van der Waals surface area (Å²) in [5.74, 6) is -0.933. The van der Waals surface area contributed by atoms with Crippen LogP contribution in [0.5, 0.6) is 0 Å². The zero-order chi connectivity index (χ0) is 20.6. The van der Waals surface area contributed by atoms with Gasteiger partial charge in [-0.25, -0.2) is 4.79 Å². The van der Waals surface area contributed by atoms with Gasteiger partial charge in [0.1, 0.15) is 24.4 Å². The monoisotopic (exact) mass is 390 g/mol. The van der Waals surface area contributed by atoms with Gasteiger partial charge in [0.05, 0.1) is 6.61 Å². The van der Waals surface area contributed by atoms with Gasteiger partial charge in [-0.2, -0.15) is 0 Å². The Morgan fingerprint density at radius 3 is 2.44 bits per heavy atom. The third kappa shape index (κ3) is 6.53. The number of hydrogen-bond donors (Lipinski definition) is 7. The lowest BCUT2D eigenvalue weighted by molar-refractivity contribution is -0.138. The molecule has 0 aromatic carbocycles. The fourth-order valence-electron chi connectivity index (χ4n) is 2.37. The third-order valence-corrected chi connectivity index (χ3v) is 3.93. The second kappa shape index (κ2) is 10.9. The number of H-pyrrole nitrogens is 1. The molecule has 1 aliphatic rings. The number of aromatic nitrogens is 2. The van der Waals surface area contributed by atoms with E-state index < -0.39 is 54.4 Å². The van der Waals surface area contributed by atoms with Crippen molar-refractivity contribution in [3.63, 3.8) is 0 Å². The first-order valence-corrected chi connectivity index (χ1v) is 8.35. The average Bonchev–Trinajstić information content (AvgIpc) is 2.90. The quantitative estimate of drug-likeness (QED) is 0.230. The van der Waals surface area contributed by atoms with Crippen molar-refractivity contribution >= 4 is 5.97 Å². The van der Waals surface area contributed by atoms with Gasteiger partial charge in [-0.1, -0.05) is 6.42 Å². The lowest BCUT2D eigenvalue weighted by Gasteiger charge is -2.16. The van der Waals surface area contributed by atoms with E-state index in [9.17, 15) is 24.6 Å². The summed E-state index contributed by atoms with van der Waals surface area (Å²) in [5, 5.41) is 36.4. The Morgan fingerprint density at radius 1 is 1.30 bits per heavy atom. The first kappa shape index (κ1) is 23.0. The van der Waals surface area contributed by atoms with Crippen molar-refractivity contribution in [3.05, 3.63) is 33.1 Å². The van der Waals surface area contributed by atoms with Crippen LogP contribution in [0.25, 0.3) is 0 Å². The van der Waals surface area contributed by atoms with Gasteiger partial charge in [0.25, 0.3) is 5.56 Å². The van der Waals surface area contributed by atoms with E-state index in [1.807, 2.05) is 4.98 Å². The number of carbonyl (C=O) groups is 1. The zero-order valence-electron chi connectivity index (χ0n) is 14.6.